The van der Waals surface area contributed by atoms with Gasteiger partial charge in [0, 0.05) is 26.0 Å². The third kappa shape index (κ3) is 7.82. The Hall–Kier alpha value is -2.18. The van der Waals surface area contributed by atoms with Crippen LogP contribution in [0.3, 0.4) is 0 Å². The maximum Gasteiger partial charge on any atom is 0.331 e. The molecular weight excluding hydrogens is 358 g/mol. The summed E-state index contributed by atoms with van der Waals surface area (Å²) >= 11 is 0. The molecule has 0 saturated carbocycles. The Bertz CT molecular complexity index is 631. The molecule has 6 heteroatoms. The molecule has 1 N–H and O–H groups in total. The Morgan fingerprint density at radius 3 is 2.86 bits per heavy atom. The van der Waals surface area contributed by atoms with Gasteiger partial charge in [-0.3, -0.25) is 4.79 Å². The van der Waals surface area contributed by atoms with E-state index < -0.39 is 6.10 Å². The first kappa shape index (κ1) is 22.1. The fourth-order valence-electron chi connectivity index (χ4n) is 3.32. The minimum atomic E-state index is -0.562. The number of aliphatic hydroxyl groups excluding tert-OH is 1. The van der Waals surface area contributed by atoms with Crippen molar-refractivity contribution in [3.63, 3.8) is 0 Å². The Balaban J connectivity index is 1.77. The van der Waals surface area contributed by atoms with Crippen molar-refractivity contribution in [2.75, 3.05) is 26.9 Å². The number of carbonyl (C=O) groups is 2. The molecule has 1 aliphatic rings. The number of esters is 1. The van der Waals surface area contributed by atoms with Crippen LogP contribution >= 0.6 is 0 Å². The molecule has 1 aromatic carbocycles. The van der Waals surface area contributed by atoms with E-state index in [1.165, 1.54) is 7.11 Å². The number of likely N-dealkylation sites (tertiary alicyclic amines) is 1. The van der Waals surface area contributed by atoms with Crippen LogP contribution in [0.1, 0.15) is 37.7 Å². The van der Waals surface area contributed by atoms with E-state index in [0.29, 0.717) is 26.0 Å². The van der Waals surface area contributed by atoms with E-state index in [-0.39, 0.29) is 24.5 Å². The Labute approximate surface area is 167 Å². The van der Waals surface area contributed by atoms with Crippen LogP contribution in [0.4, 0.5) is 0 Å². The van der Waals surface area contributed by atoms with Crippen molar-refractivity contribution in [1.82, 2.24) is 4.90 Å². The van der Waals surface area contributed by atoms with E-state index in [0.717, 1.165) is 31.2 Å². The van der Waals surface area contributed by atoms with Crippen LogP contribution < -0.4 is 0 Å². The summed E-state index contributed by atoms with van der Waals surface area (Å²) in [4.78, 5) is 25.2. The summed E-state index contributed by atoms with van der Waals surface area (Å²) in [5.74, 6) is -0.223. The molecule has 1 heterocycles. The molecule has 2 rings (SSSR count). The molecule has 2 atom stereocenters. The van der Waals surface area contributed by atoms with Gasteiger partial charge in [0.15, 0.2) is 0 Å². The number of carbonyl (C=O) groups excluding carboxylic acids is 2. The number of aliphatic hydroxyl groups is 1. The van der Waals surface area contributed by atoms with Crippen molar-refractivity contribution < 1.29 is 24.2 Å². The van der Waals surface area contributed by atoms with Gasteiger partial charge in [-0.2, -0.15) is 0 Å². The van der Waals surface area contributed by atoms with Gasteiger partial charge in [0.2, 0.25) is 5.91 Å². The van der Waals surface area contributed by atoms with Gasteiger partial charge in [0.1, 0.15) is 6.61 Å². The molecular formula is C22H31NO5. The number of hydrogen-bond acceptors (Lipinski definition) is 5. The van der Waals surface area contributed by atoms with Crippen molar-refractivity contribution in [1.29, 1.82) is 0 Å². The highest BCUT2D eigenvalue weighted by Crippen LogP contribution is 2.20. The highest BCUT2D eigenvalue weighted by molar-refractivity contribution is 5.77. The summed E-state index contributed by atoms with van der Waals surface area (Å²) in [5.41, 5.74) is 1.09. The van der Waals surface area contributed by atoms with Crippen LogP contribution in [0.2, 0.25) is 0 Å². The monoisotopic (exact) mass is 389 g/mol. The van der Waals surface area contributed by atoms with Crippen molar-refractivity contribution in [3.8, 4) is 0 Å². The first-order valence-electron chi connectivity index (χ1n) is 9.94. The lowest BCUT2D eigenvalue weighted by molar-refractivity contribution is -0.145. The SMILES string of the molecule is COC(=O)COCCCCN1C(=O)CCC[C@@H]1C=CC(O)Cc1ccccc1. The van der Waals surface area contributed by atoms with E-state index >= 15 is 0 Å². The van der Waals surface area contributed by atoms with Gasteiger partial charge in [-0.1, -0.05) is 42.5 Å². The second-order valence-electron chi connectivity index (χ2n) is 7.02. The molecule has 0 aliphatic carbocycles. The van der Waals surface area contributed by atoms with E-state index in [1.807, 2.05) is 47.4 Å². The molecule has 1 unspecified atom stereocenters. The maximum atomic E-state index is 12.3. The molecule has 1 amide bonds. The number of hydrogen-bond donors (Lipinski definition) is 1. The van der Waals surface area contributed by atoms with E-state index in [1.54, 1.807) is 0 Å². The Morgan fingerprint density at radius 1 is 1.32 bits per heavy atom. The van der Waals surface area contributed by atoms with Crippen LogP contribution in [-0.4, -0.2) is 60.9 Å². The second kappa shape index (κ2) is 12.3. The summed E-state index contributed by atoms with van der Waals surface area (Å²) in [5, 5.41) is 10.3. The zero-order valence-electron chi connectivity index (χ0n) is 16.6. The van der Waals surface area contributed by atoms with Gasteiger partial charge >= 0.3 is 5.97 Å². The number of methoxy groups -OCH3 is 1. The summed E-state index contributed by atoms with van der Waals surface area (Å²) in [6, 6.07) is 9.90. The van der Waals surface area contributed by atoms with Gasteiger partial charge in [-0.15, -0.1) is 0 Å². The number of piperidine rings is 1. The third-order valence-electron chi connectivity index (χ3n) is 4.84. The molecule has 0 spiro atoms. The maximum absolute atomic E-state index is 12.3. The summed E-state index contributed by atoms with van der Waals surface area (Å²) in [6.07, 6.45) is 7.73. The fraction of sp³-hybridized carbons (Fsp3) is 0.545. The molecule has 1 saturated heterocycles. The molecule has 154 valence electrons. The highest BCUT2D eigenvalue weighted by Gasteiger charge is 2.25. The standard InChI is InChI=1S/C22H31NO5/c1-27-22(26)17-28-15-6-5-14-23-19(10-7-11-21(23)25)12-13-20(24)16-18-8-3-2-4-9-18/h2-4,8-9,12-13,19-20,24H,5-7,10-11,14-17H2,1H3/t19-,20?/m1/s1. The number of unbranched alkanes of at least 4 members (excludes halogenated alkanes) is 1. The van der Waals surface area contributed by atoms with Gasteiger partial charge in [-0.05, 0) is 31.2 Å². The van der Waals surface area contributed by atoms with Gasteiger partial charge in [-0.25, -0.2) is 4.79 Å². The minimum Gasteiger partial charge on any atom is -0.467 e. The number of ether oxygens (including phenoxy) is 2. The lowest BCUT2D eigenvalue weighted by Gasteiger charge is -2.34. The zero-order valence-corrected chi connectivity index (χ0v) is 16.6. The Kier molecular flexibility index (Phi) is 9.72. The molecule has 0 radical (unpaired) electrons. The molecule has 1 fully saturated rings. The van der Waals surface area contributed by atoms with Gasteiger partial charge < -0.3 is 19.5 Å². The second-order valence-corrected chi connectivity index (χ2v) is 7.02. The van der Waals surface area contributed by atoms with E-state index in [9.17, 15) is 14.7 Å². The average Bonchev–Trinajstić information content (AvgIpc) is 2.70. The molecule has 1 aliphatic heterocycles. The smallest absolute Gasteiger partial charge is 0.331 e. The average molecular weight is 389 g/mol. The lowest BCUT2D eigenvalue weighted by Crippen LogP contribution is -2.43. The van der Waals surface area contributed by atoms with Gasteiger partial charge in [0.05, 0.1) is 19.3 Å². The molecule has 0 aromatic heterocycles. The first-order chi connectivity index (χ1) is 13.6. The van der Waals surface area contributed by atoms with Crippen LogP contribution in [0.15, 0.2) is 42.5 Å². The topological polar surface area (TPSA) is 76.1 Å². The van der Waals surface area contributed by atoms with Crippen molar-refractivity contribution in [3.05, 3.63) is 48.0 Å². The molecule has 0 bridgehead atoms. The summed E-state index contributed by atoms with van der Waals surface area (Å²) in [7, 11) is 1.33. The quantitative estimate of drug-likeness (QED) is 0.357. The van der Waals surface area contributed by atoms with E-state index in [4.69, 9.17) is 4.74 Å². The van der Waals surface area contributed by atoms with E-state index in [2.05, 4.69) is 4.74 Å². The Morgan fingerprint density at radius 2 is 2.11 bits per heavy atom. The van der Waals surface area contributed by atoms with Crippen LogP contribution in [0.25, 0.3) is 0 Å². The summed E-state index contributed by atoms with van der Waals surface area (Å²) < 4.78 is 9.76. The number of amides is 1. The predicted molar refractivity (Wildman–Crippen MR) is 107 cm³/mol. The minimum absolute atomic E-state index is 0.0302. The van der Waals surface area contributed by atoms with Crippen molar-refractivity contribution in [2.24, 2.45) is 0 Å². The van der Waals surface area contributed by atoms with Crippen molar-refractivity contribution in [2.45, 2.75) is 50.7 Å². The number of nitrogens with zero attached hydrogens (tertiary/aromatic N) is 1. The lowest BCUT2D eigenvalue weighted by atomic mass is 9.99. The largest absolute Gasteiger partial charge is 0.467 e. The first-order valence-corrected chi connectivity index (χ1v) is 9.94. The van der Waals surface area contributed by atoms with Crippen LogP contribution in [0.5, 0.6) is 0 Å². The molecule has 28 heavy (non-hydrogen) atoms. The van der Waals surface area contributed by atoms with Crippen molar-refractivity contribution >= 4 is 11.9 Å². The highest BCUT2D eigenvalue weighted by atomic mass is 16.6. The fourth-order valence-corrected chi connectivity index (χ4v) is 3.32. The molecule has 1 aromatic rings. The third-order valence-corrected chi connectivity index (χ3v) is 4.84. The predicted octanol–water partition coefficient (Wildman–Crippen LogP) is 2.50. The summed E-state index contributed by atoms with van der Waals surface area (Å²) in [6.45, 7) is 1.08. The number of rotatable bonds is 11. The zero-order chi connectivity index (χ0) is 20.2. The normalized spacial score (nSPS) is 18.4. The van der Waals surface area contributed by atoms with Crippen LogP contribution in [-0.2, 0) is 25.5 Å². The van der Waals surface area contributed by atoms with Gasteiger partial charge in [0.25, 0.3) is 0 Å². The molecule has 6 nitrogen and oxygen atoms in total. The number of benzene rings is 1. The van der Waals surface area contributed by atoms with Crippen LogP contribution in [0, 0.1) is 0 Å².